The average molecular weight is 652 g/mol. The van der Waals surface area contributed by atoms with Crippen molar-refractivity contribution in [3.63, 3.8) is 0 Å². The third-order valence-electron chi connectivity index (χ3n) is 9.13. The fourth-order valence-corrected chi connectivity index (χ4v) is 6.56. The lowest BCUT2D eigenvalue weighted by molar-refractivity contribution is -0.266. The number of nitrogens with zero attached hydrogens (tertiary/aromatic N) is 3. The highest BCUT2D eigenvalue weighted by atomic mass is 16.7. The number of carbonyl (C=O) groups excluding carboxylic acids is 3. The molecule has 2 N–H and O–H groups in total. The van der Waals surface area contributed by atoms with Gasteiger partial charge in [0.2, 0.25) is 5.91 Å². The Kier molecular flexibility index (Phi) is 10.1. The van der Waals surface area contributed by atoms with Crippen LogP contribution in [0.3, 0.4) is 0 Å². The summed E-state index contributed by atoms with van der Waals surface area (Å²) in [6.45, 7) is 2.58. The maximum atomic E-state index is 14.2. The molecule has 0 spiro atoms. The zero-order chi connectivity index (χ0) is 33.6. The molecule has 10 nitrogen and oxygen atoms in total. The highest BCUT2D eigenvalue weighted by molar-refractivity contribution is 5.92. The minimum atomic E-state index is -1.07. The smallest absolute Gasteiger partial charge is 0.436 e. The first-order valence-electron chi connectivity index (χ1n) is 16.6. The van der Waals surface area contributed by atoms with E-state index in [0.29, 0.717) is 25.8 Å². The fraction of sp³-hybridized carbons (Fsp3) is 0.342. The summed E-state index contributed by atoms with van der Waals surface area (Å²) in [5.41, 5.74) is 2.73. The Labute approximate surface area is 280 Å². The van der Waals surface area contributed by atoms with E-state index in [-0.39, 0.29) is 42.9 Å². The Bertz CT molecular complexity index is 1740. The molecule has 0 saturated carbocycles. The van der Waals surface area contributed by atoms with Crippen LogP contribution in [0, 0.1) is 0 Å². The van der Waals surface area contributed by atoms with Gasteiger partial charge in [-0.05, 0) is 64.6 Å². The second-order valence-corrected chi connectivity index (χ2v) is 12.4. The van der Waals surface area contributed by atoms with Crippen molar-refractivity contribution in [2.75, 3.05) is 19.7 Å². The van der Waals surface area contributed by atoms with E-state index in [1.54, 1.807) is 46.2 Å². The van der Waals surface area contributed by atoms with Crippen LogP contribution in [0.4, 0.5) is 4.79 Å². The van der Waals surface area contributed by atoms with Gasteiger partial charge in [0.05, 0.1) is 13.2 Å². The summed E-state index contributed by atoms with van der Waals surface area (Å²) in [6, 6.07) is 26.6. The Hall–Kier alpha value is -5.09. The summed E-state index contributed by atoms with van der Waals surface area (Å²) in [4.78, 5) is 51.5. The summed E-state index contributed by atoms with van der Waals surface area (Å²) in [5, 5.41) is 22.8. The Morgan fingerprint density at radius 2 is 1.54 bits per heavy atom. The summed E-state index contributed by atoms with van der Waals surface area (Å²) in [6.07, 6.45) is 0.486. The first kappa shape index (κ1) is 32.8. The molecule has 3 unspecified atom stereocenters. The van der Waals surface area contributed by atoms with Gasteiger partial charge in [0.1, 0.15) is 17.5 Å². The third-order valence-corrected chi connectivity index (χ3v) is 9.13. The quantitative estimate of drug-likeness (QED) is 0.217. The van der Waals surface area contributed by atoms with Crippen molar-refractivity contribution in [3.8, 4) is 11.5 Å². The molecule has 2 aliphatic rings. The predicted molar refractivity (Wildman–Crippen MR) is 180 cm³/mol. The molecule has 0 radical (unpaired) electrons. The molecule has 10 heteroatoms. The lowest BCUT2D eigenvalue weighted by Gasteiger charge is -2.52. The van der Waals surface area contributed by atoms with E-state index in [9.17, 15) is 24.6 Å². The Morgan fingerprint density at radius 3 is 2.27 bits per heavy atom. The summed E-state index contributed by atoms with van der Waals surface area (Å²) >= 11 is 0. The van der Waals surface area contributed by atoms with Crippen LogP contribution in [0.2, 0.25) is 0 Å². The molecule has 250 valence electrons. The van der Waals surface area contributed by atoms with Crippen LogP contribution in [-0.4, -0.2) is 81.0 Å². The van der Waals surface area contributed by atoms with E-state index < -0.39 is 24.4 Å². The maximum absolute atomic E-state index is 14.2. The third kappa shape index (κ3) is 7.23. The number of fused-ring (bicyclic) bond motifs is 2. The highest BCUT2D eigenvalue weighted by Gasteiger charge is 2.53. The molecule has 3 amide bonds. The van der Waals surface area contributed by atoms with Crippen molar-refractivity contribution in [1.29, 1.82) is 0 Å². The molecule has 0 aromatic heterocycles. The number of ether oxygens (including phenoxy) is 1. The van der Waals surface area contributed by atoms with Crippen molar-refractivity contribution in [2.24, 2.45) is 0 Å². The second-order valence-electron chi connectivity index (χ2n) is 12.4. The van der Waals surface area contributed by atoms with Crippen LogP contribution < -0.4 is 0 Å². The van der Waals surface area contributed by atoms with Gasteiger partial charge in [0.25, 0.3) is 5.91 Å². The van der Waals surface area contributed by atoms with Gasteiger partial charge in [-0.2, -0.15) is 5.06 Å². The van der Waals surface area contributed by atoms with E-state index in [1.165, 1.54) is 12.1 Å². The van der Waals surface area contributed by atoms with Crippen LogP contribution in [0.25, 0.3) is 10.8 Å². The number of rotatable bonds is 11. The molecule has 2 saturated heterocycles. The second kappa shape index (κ2) is 14.8. The molecule has 2 heterocycles. The molecule has 6 rings (SSSR count). The normalized spacial score (nSPS) is 19.4. The number of amides is 3. The molecule has 4 aromatic carbocycles. The number of phenols is 2. The van der Waals surface area contributed by atoms with E-state index in [2.05, 4.69) is 24.3 Å². The zero-order valence-electron chi connectivity index (χ0n) is 27.0. The molecule has 0 aliphatic carbocycles. The summed E-state index contributed by atoms with van der Waals surface area (Å²) in [7, 11) is 0. The van der Waals surface area contributed by atoms with Gasteiger partial charge in [0.15, 0.2) is 12.3 Å². The minimum Gasteiger partial charge on any atom is -0.508 e. The van der Waals surface area contributed by atoms with Crippen LogP contribution >= 0.6 is 0 Å². The monoisotopic (exact) mass is 651 g/mol. The SMILES string of the molecule is CCCCC1C(=O)N(CCc2cccc3ccccc23)CC2N(C(=O)OCCc3ccc(O)cc3)OC(Cc3ccc(O)cc3)C(=O)N12. The van der Waals surface area contributed by atoms with Gasteiger partial charge >= 0.3 is 6.09 Å². The van der Waals surface area contributed by atoms with Crippen LogP contribution in [0.5, 0.6) is 11.5 Å². The first-order chi connectivity index (χ1) is 23.3. The zero-order valence-corrected chi connectivity index (χ0v) is 27.0. The van der Waals surface area contributed by atoms with Crippen LogP contribution in [0.1, 0.15) is 42.9 Å². The first-order valence-corrected chi connectivity index (χ1v) is 16.6. The summed E-state index contributed by atoms with van der Waals surface area (Å²) < 4.78 is 5.70. The van der Waals surface area contributed by atoms with Crippen molar-refractivity contribution < 1.29 is 34.2 Å². The van der Waals surface area contributed by atoms with Crippen molar-refractivity contribution in [3.05, 3.63) is 108 Å². The number of aromatic hydroxyl groups is 2. The number of hydroxylamine groups is 2. The lowest BCUT2D eigenvalue weighted by Crippen LogP contribution is -2.73. The van der Waals surface area contributed by atoms with Crippen molar-refractivity contribution >= 4 is 28.7 Å². The van der Waals surface area contributed by atoms with Gasteiger partial charge < -0.3 is 24.7 Å². The van der Waals surface area contributed by atoms with E-state index >= 15 is 0 Å². The van der Waals surface area contributed by atoms with Gasteiger partial charge in [-0.25, -0.2) is 4.79 Å². The molecule has 0 bridgehead atoms. The lowest BCUT2D eigenvalue weighted by atomic mass is 9.97. The van der Waals surface area contributed by atoms with Crippen molar-refractivity contribution in [2.45, 2.75) is 63.8 Å². The largest absolute Gasteiger partial charge is 0.508 e. The van der Waals surface area contributed by atoms with Gasteiger partial charge in [-0.15, -0.1) is 0 Å². The molecule has 4 aromatic rings. The average Bonchev–Trinajstić information content (AvgIpc) is 3.10. The standard InChI is InChI=1S/C38H41N3O7/c1-2-3-11-33-36(44)39(22-20-29-9-6-8-28-7-4-5-10-32(28)29)25-35-40(33)37(45)34(24-27-14-18-31(43)19-15-27)48-41(35)38(46)47-23-21-26-12-16-30(42)17-13-26/h4-10,12-19,33-35,42-43H,2-3,11,20-25H2,1H3. The molecule has 2 aliphatic heterocycles. The molecule has 3 atom stereocenters. The van der Waals surface area contributed by atoms with Gasteiger partial charge in [-0.3, -0.25) is 14.4 Å². The number of unbranched alkanes of at least 4 members (excludes halogenated alkanes) is 1. The number of hydrogen-bond donors (Lipinski definition) is 2. The maximum Gasteiger partial charge on any atom is 0.436 e. The number of carbonyl (C=O) groups is 3. The Balaban J connectivity index is 1.26. The fourth-order valence-electron chi connectivity index (χ4n) is 6.56. The molecule has 48 heavy (non-hydrogen) atoms. The van der Waals surface area contributed by atoms with E-state index in [0.717, 1.165) is 45.4 Å². The van der Waals surface area contributed by atoms with Crippen molar-refractivity contribution in [1.82, 2.24) is 14.9 Å². The Morgan fingerprint density at radius 1 is 0.854 bits per heavy atom. The topological polar surface area (TPSA) is 120 Å². The molecular formula is C38H41N3O7. The predicted octanol–water partition coefficient (Wildman–Crippen LogP) is 5.59. The number of benzene rings is 4. The molecule has 2 fully saturated rings. The van der Waals surface area contributed by atoms with Gasteiger partial charge in [-0.1, -0.05) is 86.5 Å². The highest BCUT2D eigenvalue weighted by Crippen LogP contribution is 2.32. The van der Waals surface area contributed by atoms with Gasteiger partial charge in [0, 0.05) is 19.4 Å². The summed E-state index contributed by atoms with van der Waals surface area (Å²) in [5.74, 6) is -0.252. The number of hydrogen-bond acceptors (Lipinski definition) is 7. The van der Waals surface area contributed by atoms with E-state index in [1.807, 2.05) is 25.1 Å². The molecular weight excluding hydrogens is 610 g/mol. The van der Waals surface area contributed by atoms with E-state index in [4.69, 9.17) is 9.57 Å². The minimum absolute atomic E-state index is 0.0513. The van der Waals surface area contributed by atoms with Crippen LogP contribution in [0.15, 0.2) is 91.0 Å². The number of phenolic OH excluding ortho intramolecular Hbond substituents is 2. The number of piperazine rings is 1. The van der Waals surface area contributed by atoms with Crippen LogP contribution in [-0.2, 0) is 38.4 Å².